The van der Waals surface area contributed by atoms with Gasteiger partial charge in [0.25, 0.3) is 11.6 Å². The third kappa shape index (κ3) is 3.30. The van der Waals surface area contributed by atoms with Crippen LogP contribution in [0.25, 0.3) is 0 Å². The van der Waals surface area contributed by atoms with Gasteiger partial charge < -0.3 is 4.90 Å². The molecule has 1 aromatic rings. The Morgan fingerprint density at radius 1 is 1.55 bits per heavy atom. The predicted octanol–water partition coefficient (Wildman–Crippen LogP) is 3.49. The Kier molecular flexibility index (Phi) is 4.65. The second-order valence-electron chi connectivity index (χ2n) is 5.04. The van der Waals surface area contributed by atoms with Crippen molar-refractivity contribution in [3.63, 3.8) is 0 Å². The SMILES string of the molecule is CN(CC1CC(Br)C1)C(=O)c1ccc(Cl)cc1[N+](=O)[O-]. The number of nitrogens with zero attached hydrogens (tertiary/aromatic N) is 2. The molecular formula is C13H14BrClN2O3. The lowest BCUT2D eigenvalue weighted by Crippen LogP contribution is -2.37. The number of benzene rings is 1. The summed E-state index contributed by atoms with van der Waals surface area (Å²) in [7, 11) is 1.67. The highest BCUT2D eigenvalue weighted by atomic mass is 79.9. The molecule has 0 bridgehead atoms. The summed E-state index contributed by atoms with van der Waals surface area (Å²) in [6, 6.07) is 4.11. The number of alkyl halides is 1. The van der Waals surface area contributed by atoms with E-state index in [9.17, 15) is 14.9 Å². The Labute approximate surface area is 130 Å². The third-order valence-electron chi connectivity index (χ3n) is 3.44. The molecule has 0 spiro atoms. The van der Waals surface area contributed by atoms with Crippen molar-refractivity contribution in [3.8, 4) is 0 Å². The van der Waals surface area contributed by atoms with Crippen molar-refractivity contribution in [3.05, 3.63) is 38.9 Å². The Bertz CT molecular complexity index is 546. The molecule has 0 saturated heterocycles. The molecule has 0 aromatic heterocycles. The van der Waals surface area contributed by atoms with E-state index >= 15 is 0 Å². The molecule has 2 rings (SSSR count). The largest absolute Gasteiger partial charge is 0.341 e. The van der Waals surface area contributed by atoms with Gasteiger partial charge in [-0.2, -0.15) is 0 Å². The maximum Gasteiger partial charge on any atom is 0.283 e. The molecule has 0 N–H and O–H groups in total. The zero-order valence-corrected chi connectivity index (χ0v) is 13.2. The predicted molar refractivity (Wildman–Crippen MR) is 80.5 cm³/mol. The van der Waals surface area contributed by atoms with Crippen molar-refractivity contribution in [2.75, 3.05) is 13.6 Å². The second kappa shape index (κ2) is 6.10. The molecule has 0 unspecified atom stereocenters. The number of amides is 1. The number of carbonyl (C=O) groups is 1. The first-order valence-corrected chi connectivity index (χ1v) is 7.51. The van der Waals surface area contributed by atoms with Gasteiger partial charge in [0.05, 0.1) is 4.92 Å². The van der Waals surface area contributed by atoms with Crippen molar-refractivity contribution in [1.29, 1.82) is 0 Å². The van der Waals surface area contributed by atoms with E-state index in [0.29, 0.717) is 17.3 Å². The molecule has 1 aromatic carbocycles. The molecule has 1 fully saturated rings. The Balaban J connectivity index is 2.13. The average molecular weight is 362 g/mol. The van der Waals surface area contributed by atoms with Gasteiger partial charge in [-0.15, -0.1) is 0 Å². The summed E-state index contributed by atoms with van der Waals surface area (Å²) in [6.07, 6.45) is 2.06. The number of nitro benzene ring substituents is 1. The molecule has 0 radical (unpaired) electrons. The van der Waals surface area contributed by atoms with Gasteiger partial charge in [-0.05, 0) is 30.9 Å². The molecule has 1 aliphatic rings. The van der Waals surface area contributed by atoms with Gasteiger partial charge in [-0.1, -0.05) is 27.5 Å². The summed E-state index contributed by atoms with van der Waals surface area (Å²) in [4.78, 5) is 24.8. The fourth-order valence-corrected chi connectivity index (χ4v) is 3.54. The Morgan fingerprint density at radius 2 is 2.20 bits per heavy atom. The molecule has 1 saturated carbocycles. The van der Waals surface area contributed by atoms with Crippen molar-refractivity contribution < 1.29 is 9.72 Å². The average Bonchev–Trinajstić information content (AvgIpc) is 2.35. The molecule has 108 valence electrons. The van der Waals surface area contributed by atoms with Crippen LogP contribution in [0.15, 0.2) is 18.2 Å². The number of hydrogen-bond acceptors (Lipinski definition) is 3. The third-order valence-corrected chi connectivity index (χ3v) is 4.43. The lowest BCUT2D eigenvalue weighted by atomic mass is 9.85. The number of carbonyl (C=O) groups excluding carboxylic acids is 1. The minimum Gasteiger partial charge on any atom is -0.341 e. The van der Waals surface area contributed by atoms with E-state index in [2.05, 4.69) is 15.9 Å². The molecule has 1 amide bonds. The van der Waals surface area contributed by atoms with Gasteiger partial charge in [0.15, 0.2) is 0 Å². The minimum absolute atomic E-state index is 0.0802. The van der Waals surface area contributed by atoms with Crippen molar-refractivity contribution >= 4 is 39.1 Å². The summed E-state index contributed by atoms with van der Waals surface area (Å²) in [5.41, 5.74) is -0.169. The van der Waals surface area contributed by atoms with Crippen LogP contribution in [0.4, 0.5) is 5.69 Å². The number of hydrogen-bond donors (Lipinski definition) is 0. The van der Waals surface area contributed by atoms with Crippen LogP contribution in [0, 0.1) is 16.0 Å². The molecule has 1 aliphatic carbocycles. The fraction of sp³-hybridized carbons (Fsp3) is 0.462. The van der Waals surface area contributed by atoms with Crippen LogP contribution < -0.4 is 0 Å². The summed E-state index contributed by atoms with van der Waals surface area (Å²) in [5, 5.41) is 11.3. The van der Waals surface area contributed by atoms with Gasteiger partial charge in [0.2, 0.25) is 0 Å². The highest BCUT2D eigenvalue weighted by Crippen LogP contribution is 2.34. The summed E-state index contributed by atoms with van der Waals surface area (Å²) in [5.74, 6) is 0.117. The van der Waals surface area contributed by atoms with Crippen LogP contribution in [-0.4, -0.2) is 34.2 Å². The number of nitro groups is 1. The Hall–Kier alpha value is -1.14. The van der Waals surface area contributed by atoms with Crippen LogP contribution in [0.1, 0.15) is 23.2 Å². The highest BCUT2D eigenvalue weighted by molar-refractivity contribution is 9.09. The molecule has 20 heavy (non-hydrogen) atoms. The number of halogens is 2. The topological polar surface area (TPSA) is 63.5 Å². The van der Waals surface area contributed by atoms with E-state index in [1.807, 2.05) is 0 Å². The molecule has 0 atom stereocenters. The molecular weight excluding hydrogens is 348 g/mol. The van der Waals surface area contributed by atoms with Crippen LogP contribution in [0.2, 0.25) is 5.02 Å². The monoisotopic (exact) mass is 360 g/mol. The fourth-order valence-electron chi connectivity index (χ4n) is 2.32. The summed E-state index contributed by atoms with van der Waals surface area (Å²) < 4.78 is 0. The normalized spacial score (nSPS) is 21.1. The van der Waals surface area contributed by atoms with Gasteiger partial charge in [0, 0.05) is 29.5 Å². The number of rotatable bonds is 4. The van der Waals surface area contributed by atoms with E-state index in [1.54, 1.807) is 11.9 Å². The van der Waals surface area contributed by atoms with Gasteiger partial charge in [0.1, 0.15) is 5.56 Å². The van der Waals surface area contributed by atoms with Crippen LogP contribution in [0.3, 0.4) is 0 Å². The first kappa shape index (κ1) is 15.3. The van der Waals surface area contributed by atoms with Gasteiger partial charge in [-0.25, -0.2) is 0 Å². The highest BCUT2D eigenvalue weighted by Gasteiger charge is 2.30. The van der Waals surface area contributed by atoms with Crippen LogP contribution in [-0.2, 0) is 0 Å². The van der Waals surface area contributed by atoms with Crippen molar-refractivity contribution in [2.45, 2.75) is 17.7 Å². The van der Waals surface area contributed by atoms with E-state index < -0.39 is 4.92 Å². The van der Waals surface area contributed by atoms with Crippen LogP contribution in [0.5, 0.6) is 0 Å². The van der Waals surface area contributed by atoms with Crippen LogP contribution >= 0.6 is 27.5 Å². The first-order valence-electron chi connectivity index (χ1n) is 6.22. The lowest BCUT2D eigenvalue weighted by molar-refractivity contribution is -0.385. The zero-order chi connectivity index (χ0) is 14.9. The van der Waals surface area contributed by atoms with Gasteiger partial charge in [-0.3, -0.25) is 14.9 Å². The Morgan fingerprint density at radius 3 is 2.75 bits per heavy atom. The van der Waals surface area contributed by atoms with E-state index in [0.717, 1.165) is 12.8 Å². The molecule has 0 heterocycles. The first-order chi connectivity index (χ1) is 9.38. The smallest absolute Gasteiger partial charge is 0.283 e. The standard InChI is InChI=1S/C13H14BrClN2O3/c1-16(7-8-4-9(14)5-8)13(18)11-3-2-10(15)6-12(11)17(19)20/h2-3,6,8-9H,4-5,7H2,1H3. The van der Waals surface area contributed by atoms with Gasteiger partial charge >= 0.3 is 0 Å². The maximum absolute atomic E-state index is 12.3. The van der Waals surface area contributed by atoms with E-state index in [-0.39, 0.29) is 22.2 Å². The van der Waals surface area contributed by atoms with E-state index in [4.69, 9.17) is 11.6 Å². The second-order valence-corrected chi connectivity index (χ2v) is 6.77. The molecule has 7 heteroatoms. The lowest BCUT2D eigenvalue weighted by Gasteiger charge is -2.34. The van der Waals surface area contributed by atoms with Crippen molar-refractivity contribution in [2.24, 2.45) is 5.92 Å². The van der Waals surface area contributed by atoms with Crippen molar-refractivity contribution in [1.82, 2.24) is 4.90 Å². The maximum atomic E-state index is 12.3. The minimum atomic E-state index is -0.579. The molecule has 0 aliphatic heterocycles. The molecule has 5 nitrogen and oxygen atoms in total. The summed E-state index contributed by atoms with van der Waals surface area (Å²) >= 11 is 9.25. The summed E-state index contributed by atoms with van der Waals surface area (Å²) in [6.45, 7) is 0.612. The quantitative estimate of drug-likeness (QED) is 0.468. The zero-order valence-electron chi connectivity index (χ0n) is 10.9. The van der Waals surface area contributed by atoms with E-state index in [1.165, 1.54) is 18.2 Å².